The van der Waals surface area contributed by atoms with Crippen LogP contribution in [0.4, 0.5) is 11.8 Å². The highest BCUT2D eigenvalue weighted by Crippen LogP contribution is 2.26. The first-order chi connectivity index (χ1) is 11.2. The third-order valence-corrected chi connectivity index (χ3v) is 5.03. The first kappa shape index (κ1) is 16.0. The maximum atomic E-state index is 11.4. The molecule has 0 aliphatic carbocycles. The van der Waals surface area contributed by atoms with Gasteiger partial charge < -0.3 is 14.7 Å². The smallest absolute Gasteiger partial charge is 0.227 e. The number of nitrogens with zero attached hydrogens (tertiary/aromatic N) is 5. The van der Waals surface area contributed by atoms with Crippen molar-refractivity contribution >= 4 is 17.7 Å². The average molecular weight is 317 g/mol. The van der Waals surface area contributed by atoms with Gasteiger partial charge >= 0.3 is 0 Å². The third-order valence-electron chi connectivity index (χ3n) is 5.03. The summed E-state index contributed by atoms with van der Waals surface area (Å²) in [5.74, 6) is 2.00. The predicted molar refractivity (Wildman–Crippen MR) is 91.8 cm³/mol. The third kappa shape index (κ3) is 3.57. The van der Waals surface area contributed by atoms with Gasteiger partial charge in [0.2, 0.25) is 11.9 Å². The monoisotopic (exact) mass is 317 g/mol. The molecule has 1 aromatic heterocycles. The topological polar surface area (TPSA) is 52.6 Å². The molecule has 126 valence electrons. The van der Waals surface area contributed by atoms with Gasteiger partial charge in [-0.15, -0.1) is 0 Å². The summed E-state index contributed by atoms with van der Waals surface area (Å²) in [4.78, 5) is 27.3. The number of piperidine rings is 1. The van der Waals surface area contributed by atoms with Crippen LogP contribution in [0.2, 0.25) is 0 Å². The van der Waals surface area contributed by atoms with Crippen LogP contribution in [0.15, 0.2) is 12.3 Å². The largest absolute Gasteiger partial charge is 0.353 e. The van der Waals surface area contributed by atoms with Crippen LogP contribution in [0.1, 0.15) is 39.5 Å². The lowest BCUT2D eigenvalue weighted by Crippen LogP contribution is -2.48. The van der Waals surface area contributed by atoms with Crippen molar-refractivity contribution in [3.63, 3.8) is 0 Å². The Balaban J connectivity index is 1.71. The van der Waals surface area contributed by atoms with Gasteiger partial charge in [0.1, 0.15) is 5.82 Å². The summed E-state index contributed by atoms with van der Waals surface area (Å²) in [5, 5.41) is 0. The number of rotatable bonds is 3. The minimum atomic E-state index is 0.151. The van der Waals surface area contributed by atoms with Gasteiger partial charge in [0.15, 0.2) is 0 Å². The average Bonchev–Trinajstić information content (AvgIpc) is 2.62. The highest BCUT2D eigenvalue weighted by atomic mass is 16.2. The Labute approximate surface area is 138 Å². The predicted octanol–water partition coefficient (Wildman–Crippen LogP) is 1.91. The molecule has 2 saturated heterocycles. The van der Waals surface area contributed by atoms with E-state index in [1.165, 1.54) is 19.3 Å². The van der Waals surface area contributed by atoms with Crippen molar-refractivity contribution in [2.75, 3.05) is 42.5 Å². The summed E-state index contributed by atoms with van der Waals surface area (Å²) >= 11 is 0. The van der Waals surface area contributed by atoms with Crippen molar-refractivity contribution in [3.05, 3.63) is 12.3 Å². The molecule has 1 amide bonds. The van der Waals surface area contributed by atoms with E-state index in [9.17, 15) is 4.79 Å². The second-order valence-electron chi connectivity index (χ2n) is 6.46. The highest BCUT2D eigenvalue weighted by molar-refractivity contribution is 5.73. The number of carbonyl (C=O) groups is 1. The second kappa shape index (κ2) is 7.15. The number of hydrogen-bond acceptors (Lipinski definition) is 5. The zero-order valence-electron chi connectivity index (χ0n) is 14.2. The Morgan fingerprint density at radius 1 is 1.22 bits per heavy atom. The second-order valence-corrected chi connectivity index (χ2v) is 6.46. The van der Waals surface area contributed by atoms with Crippen molar-refractivity contribution < 1.29 is 4.79 Å². The molecule has 6 heteroatoms. The summed E-state index contributed by atoms with van der Waals surface area (Å²) in [6.07, 6.45) is 6.85. The van der Waals surface area contributed by atoms with E-state index < -0.39 is 0 Å². The van der Waals surface area contributed by atoms with Crippen molar-refractivity contribution in [2.24, 2.45) is 0 Å². The van der Waals surface area contributed by atoms with E-state index in [4.69, 9.17) is 4.98 Å². The van der Waals surface area contributed by atoms with Gasteiger partial charge in [-0.25, -0.2) is 4.98 Å². The van der Waals surface area contributed by atoms with Gasteiger partial charge in [-0.2, -0.15) is 4.98 Å². The molecule has 0 bridgehead atoms. The fraction of sp³-hybridized carbons (Fsp3) is 0.706. The number of piperazine rings is 1. The number of amides is 1. The molecule has 3 rings (SSSR count). The molecule has 2 aliphatic rings. The summed E-state index contributed by atoms with van der Waals surface area (Å²) in [7, 11) is 0. The van der Waals surface area contributed by atoms with Gasteiger partial charge in [-0.05, 0) is 31.7 Å². The van der Waals surface area contributed by atoms with E-state index in [1.807, 2.05) is 17.2 Å². The highest BCUT2D eigenvalue weighted by Gasteiger charge is 2.24. The normalized spacial score (nSPS) is 22.3. The van der Waals surface area contributed by atoms with Crippen LogP contribution in [-0.4, -0.2) is 59.5 Å². The van der Waals surface area contributed by atoms with Crippen molar-refractivity contribution in [1.29, 1.82) is 0 Å². The summed E-state index contributed by atoms with van der Waals surface area (Å²) in [5.41, 5.74) is 0. The van der Waals surface area contributed by atoms with Gasteiger partial charge in [0, 0.05) is 51.9 Å². The fourth-order valence-electron chi connectivity index (χ4n) is 3.60. The molecule has 6 nitrogen and oxygen atoms in total. The lowest BCUT2D eigenvalue weighted by molar-refractivity contribution is -0.129. The Morgan fingerprint density at radius 2 is 2.00 bits per heavy atom. The summed E-state index contributed by atoms with van der Waals surface area (Å²) in [6, 6.07) is 2.63. The molecule has 3 heterocycles. The Hall–Kier alpha value is -1.85. The molecule has 2 aliphatic heterocycles. The van der Waals surface area contributed by atoms with Gasteiger partial charge in [0.05, 0.1) is 0 Å². The summed E-state index contributed by atoms with van der Waals surface area (Å²) < 4.78 is 0. The van der Waals surface area contributed by atoms with E-state index in [0.29, 0.717) is 6.04 Å². The van der Waals surface area contributed by atoms with E-state index in [2.05, 4.69) is 21.7 Å². The van der Waals surface area contributed by atoms with Crippen LogP contribution in [0.3, 0.4) is 0 Å². The van der Waals surface area contributed by atoms with Crippen LogP contribution in [0.25, 0.3) is 0 Å². The molecule has 0 radical (unpaired) electrons. The molecule has 23 heavy (non-hydrogen) atoms. The van der Waals surface area contributed by atoms with Crippen LogP contribution < -0.4 is 9.80 Å². The number of hydrogen-bond donors (Lipinski definition) is 0. The lowest BCUT2D eigenvalue weighted by Gasteiger charge is -2.37. The molecule has 0 N–H and O–H groups in total. The van der Waals surface area contributed by atoms with Crippen LogP contribution in [-0.2, 0) is 4.79 Å². The van der Waals surface area contributed by atoms with Crippen LogP contribution in [0.5, 0.6) is 0 Å². The minimum Gasteiger partial charge on any atom is -0.353 e. The number of anilines is 2. The van der Waals surface area contributed by atoms with E-state index in [0.717, 1.165) is 50.9 Å². The first-order valence-corrected chi connectivity index (χ1v) is 8.79. The Morgan fingerprint density at radius 3 is 2.70 bits per heavy atom. The quantitative estimate of drug-likeness (QED) is 0.852. The Kier molecular flexibility index (Phi) is 4.98. The number of aromatic nitrogens is 2. The van der Waals surface area contributed by atoms with Gasteiger partial charge in [-0.3, -0.25) is 4.79 Å². The van der Waals surface area contributed by atoms with Gasteiger partial charge in [0.25, 0.3) is 0 Å². The summed E-state index contributed by atoms with van der Waals surface area (Å²) in [6.45, 7) is 8.10. The Bertz CT molecular complexity index is 542. The fourth-order valence-corrected chi connectivity index (χ4v) is 3.60. The van der Waals surface area contributed by atoms with Crippen LogP contribution >= 0.6 is 0 Å². The van der Waals surface area contributed by atoms with Crippen molar-refractivity contribution in [3.8, 4) is 0 Å². The molecule has 0 saturated carbocycles. The SMILES string of the molecule is CCC1CCCCN1c1ccnc(N2CCN(C(C)=O)CC2)n1. The standard InChI is InChI=1S/C17H27N5O/c1-3-15-6-4-5-9-22(15)16-7-8-18-17(19-16)21-12-10-20(11-13-21)14(2)23/h7-8,15H,3-6,9-13H2,1-2H3. The van der Waals surface area contributed by atoms with E-state index in [-0.39, 0.29) is 5.91 Å². The molecule has 2 fully saturated rings. The molecule has 1 aromatic rings. The zero-order valence-corrected chi connectivity index (χ0v) is 14.2. The maximum Gasteiger partial charge on any atom is 0.227 e. The van der Waals surface area contributed by atoms with E-state index >= 15 is 0 Å². The van der Waals surface area contributed by atoms with Crippen molar-refractivity contribution in [1.82, 2.24) is 14.9 Å². The molecule has 1 unspecified atom stereocenters. The lowest BCUT2D eigenvalue weighted by atomic mass is 10.0. The molecule has 1 atom stereocenters. The molecular weight excluding hydrogens is 290 g/mol. The molecule has 0 aromatic carbocycles. The van der Waals surface area contributed by atoms with Crippen molar-refractivity contribution in [2.45, 2.75) is 45.6 Å². The maximum absolute atomic E-state index is 11.4. The van der Waals surface area contributed by atoms with Gasteiger partial charge in [-0.1, -0.05) is 6.92 Å². The first-order valence-electron chi connectivity index (χ1n) is 8.79. The van der Waals surface area contributed by atoms with E-state index in [1.54, 1.807) is 6.92 Å². The minimum absolute atomic E-state index is 0.151. The number of carbonyl (C=O) groups excluding carboxylic acids is 1. The molecular formula is C17H27N5O. The molecule has 0 spiro atoms. The zero-order chi connectivity index (χ0) is 16.2. The van der Waals surface area contributed by atoms with Crippen LogP contribution in [0, 0.1) is 0 Å².